The highest BCUT2D eigenvalue weighted by Gasteiger charge is 2.16. The molecule has 1 aromatic carbocycles. The van der Waals surface area contributed by atoms with Crippen LogP contribution < -0.4 is 9.47 Å². The topological polar surface area (TPSA) is 42.2 Å². The van der Waals surface area contributed by atoms with E-state index in [2.05, 4.69) is 6.07 Å². The van der Waals surface area contributed by atoms with E-state index in [1.807, 2.05) is 26.8 Å². The van der Waals surface area contributed by atoms with Gasteiger partial charge in [0.05, 0.1) is 26.2 Å². The van der Waals surface area contributed by atoms with Gasteiger partial charge in [-0.3, -0.25) is 0 Å². The predicted molar refractivity (Wildman–Crippen MR) is 72.1 cm³/mol. The second-order valence-electron chi connectivity index (χ2n) is 4.46. The highest BCUT2D eigenvalue weighted by atomic mass is 16.5. The number of nitriles is 1. The Kier molecular flexibility index (Phi) is 5.03. The molecule has 0 N–H and O–H groups in total. The smallest absolute Gasteiger partial charge is 0.125 e. The van der Waals surface area contributed by atoms with Crippen molar-refractivity contribution in [1.29, 1.82) is 5.26 Å². The minimum Gasteiger partial charge on any atom is -0.496 e. The zero-order valence-electron chi connectivity index (χ0n) is 11.8. The summed E-state index contributed by atoms with van der Waals surface area (Å²) in [6.45, 7) is 6.06. The maximum atomic E-state index is 9.08. The molecule has 0 bridgehead atoms. The Morgan fingerprint density at radius 2 is 1.89 bits per heavy atom. The van der Waals surface area contributed by atoms with Gasteiger partial charge in [0.1, 0.15) is 11.5 Å². The van der Waals surface area contributed by atoms with E-state index in [-0.39, 0.29) is 5.92 Å². The molecule has 0 aromatic heterocycles. The van der Waals surface area contributed by atoms with Crippen LogP contribution in [0.5, 0.6) is 11.5 Å². The Balaban J connectivity index is 3.25. The van der Waals surface area contributed by atoms with E-state index in [4.69, 9.17) is 14.7 Å². The van der Waals surface area contributed by atoms with Crippen molar-refractivity contribution < 1.29 is 9.47 Å². The summed E-state index contributed by atoms with van der Waals surface area (Å²) in [6.07, 6.45) is 1.54. The summed E-state index contributed by atoms with van der Waals surface area (Å²) in [4.78, 5) is 0. The molecule has 1 aromatic rings. The van der Waals surface area contributed by atoms with Crippen LogP contribution in [-0.2, 0) is 6.42 Å². The van der Waals surface area contributed by atoms with Crippen molar-refractivity contribution in [3.05, 3.63) is 22.8 Å². The van der Waals surface area contributed by atoms with Crippen LogP contribution in [0.3, 0.4) is 0 Å². The van der Waals surface area contributed by atoms with Crippen molar-refractivity contribution >= 4 is 0 Å². The van der Waals surface area contributed by atoms with Crippen LogP contribution in [-0.4, -0.2) is 14.2 Å². The summed E-state index contributed by atoms with van der Waals surface area (Å²) in [5.74, 6) is 1.75. The number of benzene rings is 1. The zero-order chi connectivity index (χ0) is 13.7. The van der Waals surface area contributed by atoms with Crippen molar-refractivity contribution in [3.8, 4) is 17.6 Å². The number of ether oxygens (including phenoxy) is 2. The number of rotatable bonds is 5. The van der Waals surface area contributed by atoms with Crippen molar-refractivity contribution in [2.24, 2.45) is 5.92 Å². The van der Waals surface area contributed by atoms with Gasteiger partial charge in [-0.1, -0.05) is 6.92 Å². The SMILES string of the molecule is CCC(C#N)Cc1cc(OC)c(C)c(C)c1OC. The van der Waals surface area contributed by atoms with Crippen LogP contribution >= 0.6 is 0 Å². The number of hydrogen-bond acceptors (Lipinski definition) is 3. The molecule has 0 fully saturated rings. The van der Waals surface area contributed by atoms with E-state index in [9.17, 15) is 0 Å². The Bertz CT molecular complexity index is 461. The maximum Gasteiger partial charge on any atom is 0.125 e. The van der Waals surface area contributed by atoms with Crippen molar-refractivity contribution in [2.75, 3.05) is 14.2 Å². The van der Waals surface area contributed by atoms with E-state index >= 15 is 0 Å². The average Bonchev–Trinajstić information content (AvgIpc) is 2.39. The van der Waals surface area contributed by atoms with Crippen LogP contribution in [0.1, 0.15) is 30.0 Å². The number of nitrogens with zero attached hydrogens (tertiary/aromatic N) is 1. The lowest BCUT2D eigenvalue weighted by Crippen LogP contribution is -2.05. The zero-order valence-corrected chi connectivity index (χ0v) is 11.8. The molecule has 3 heteroatoms. The fourth-order valence-corrected chi connectivity index (χ4v) is 2.12. The third-order valence-corrected chi connectivity index (χ3v) is 3.44. The van der Waals surface area contributed by atoms with Gasteiger partial charge >= 0.3 is 0 Å². The highest BCUT2D eigenvalue weighted by Crippen LogP contribution is 2.34. The first-order chi connectivity index (χ1) is 8.58. The third kappa shape index (κ3) is 2.76. The van der Waals surface area contributed by atoms with Gasteiger partial charge in [-0.2, -0.15) is 5.26 Å². The monoisotopic (exact) mass is 247 g/mol. The summed E-state index contributed by atoms with van der Waals surface area (Å²) in [6, 6.07) is 4.31. The summed E-state index contributed by atoms with van der Waals surface area (Å²) in [5, 5.41) is 9.08. The van der Waals surface area contributed by atoms with Crippen LogP contribution in [0.15, 0.2) is 6.07 Å². The molecule has 0 saturated carbocycles. The largest absolute Gasteiger partial charge is 0.496 e. The van der Waals surface area contributed by atoms with E-state index in [0.717, 1.165) is 34.6 Å². The molecule has 1 atom stereocenters. The second-order valence-corrected chi connectivity index (χ2v) is 4.46. The van der Waals surface area contributed by atoms with E-state index in [0.29, 0.717) is 6.42 Å². The van der Waals surface area contributed by atoms with E-state index < -0.39 is 0 Å². The lowest BCUT2D eigenvalue weighted by molar-refractivity contribution is 0.391. The molecule has 0 aliphatic carbocycles. The second kappa shape index (κ2) is 6.30. The number of methoxy groups -OCH3 is 2. The van der Waals surface area contributed by atoms with Crippen LogP contribution in [0, 0.1) is 31.1 Å². The lowest BCUT2D eigenvalue weighted by Gasteiger charge is -2.18. The standard InChI is InChI=1S/C15H21NO2/c1-6-12(9-16)7-13-8-14(17-4)10(2)11(3)15(13)18-5/h8,12H,6-7H2,1-5H3. The lowest BCUT2D eigenvalue weighted by atomic mass is 9.94. The van der Waals surface area contributed by atoms with Gasteiger partial charge in [0.15, 0.2) is 0 Å². The van der Waals surface area contributed by atoms with E-state index in [1.165, 1.54) is 0 Å². The van der Waals surface area contributed by atoms with E-state index in [1.54, 1.807) is 14.2 Å². The number of hydrogen-bond donors (Lipinski definition) is 0. The molecular weight excluding hydrogens is 226 g/mol. The molecule has 0 saturated heterocycles. The molecule has 0 radical (unpaired) electrons. The van der Waals surface area contributed by atoms with Gasteiger partial charge in [-0.05, 0) is 49.4 Å². The molecule has 0 aliphatic heterocycles. The van der Waals surface area contributed by atoms with Crippen molar-refractivity contribution in [3.63, 3.8) is 0 Å². The predicted octanol–water partition coefficient (Wildman–Crippen LogP) is 3.41. The first-order valence-electron chi connectivity index (χ1n) is 6.19. The van der Waals surface area contributed by atoms with Gasteiger partial charge in [-0.25, -0.2) is 0 Å². The Morgan fingerprint density at radius 3 is 2.33 bits per heavy atom. The minimum atomic E-state index is 0.0192. The Morgan fingerprint density at radius 1 is 1.22 bits per heavy atom. The normalized spacial score (nSPS) is 11.8. The van der Waals surface area contributed by atoms with Crippen molar-refractivity contribution in [2.45, 2.75) is 33.6 Å². The van der Waals surface area contributed by atoms with Gasteiger partial charge in [-0.15, -0.1) is 0 Å². The van der Waals surface area contributed by atoms with Gasteiger partial charge < -0.3 is 9.47 Å². The quantitative estimate of drug-likeness (QED) is 0.800. The summed E-state index contributed by atoms with van der Waals surface area (Å²) in [7, 11) is 3.34. The Labute approximate surface area is 109 Å². The van der Waals surface area contributed by atoms with Gasteiger partial charge in [0, 0.05) is 0 Å². The molecule has 18 heavy (non-hydrogen) atoms. The van der Waals surface area contributed by atoms with Crippen LogP contribution in [0.4, 0.5) is 0 Å². The Hall–Kier alpha value is -1.69. The minimum absolute atomic E-state index is 0.0192. The molecule has 3 nitrogen and oxygen atoms in total. The first-order valence-corrected chi connectivity index (χ1v) is 6.19. The maximum absolute atomic E-state index is 9.08. The molecular formula is C15H21NO2. The fourth-order valence-electron chi connectivity index (χ4n) is 2.12. The molecule has 0 heterocycles. The third-order valence-electron chi connectivity index (χ3n) is 3.44. The van der Waals surface area contributed by atoms with Crippen LogP contribution in [0.2, 0.25) is 0 Å². The van der Waals surface area contributed by atoms with Crippen molar-refractivity contribution in [1.82, 2.24) is 0 Å². The van der Waals surface area contributed by atoms with Crippen LogP contribution in [0.25, 0.3) is 0 Å². The molecule has 1 rings (SSSR count). The van der Waals surface area contributed by atoms with Gasteiger partial charge in [0.25, 0.3) is 0 Å². The molecule has 0 aliphatic rings. The summed E-state index contributed by atoms with van der Waals surface area (Å²) in [5.41, 5.74) is 3.22. The molecule has 1 unspecified atom stereocenters. The molecule has 0 spiro atoms. The fraction of sp³-hybridized carbons (Fsp3) is 0.533. The first kappa shape index (κ1) is 14.4. The average molecular weight is 247 g/mol. The highest BCUT2D eigenvalue weighted by molar-refractivity contribution is 5.52. The molecule has 0 amide bonds. The van der Waals surface area contributed by atoms with Gasteiger partial charge in [0.2, 0.25) is 0 Å². The molecule has 98 valence electrons. The summed E-state index contributed by atoms with van der Waals surface area (Å²) < 4.78 is 10.9. The summed E-state index contributed by atoms with van der Waals surface area (Å²) >= 11 is 0.